The number of nitrogens with one attached hydrogen (secondary N) is 1. The number of carbonyl (C=O) groups excluding carboxylic acids is 2. The molecule has 0 saturated carbocycles. The van der Waals surface area contributed by atoms with Crippen LogP contribution in [-0.2, 0) is 11.0 Å². The summed E-state index contributed by atoms with van der Waals surface area (Å²) in [5.41, 5.74) is -0.766. The van der Waals surface area contributed by atoms with E-state index < -0.39 is 41.4 Å². The van der Waals surface area contributed by atoms with Gasteiger partial charge in [0.2, 0.25) is 0 Å². The monoisotopic (exact) mass is 610 g/mol. The van der Waals surface area contributed by atoms with Crippen molar-refractivity contribution in [2.75, 3.05) is 43.2 Å². The van der Waals surface area contributed by atoms with Gasteiger partial charge in [0.1, 0.15) is 17.3 Å². The van der Waals surface area contributed by atoms with Crippen LogP contribution < -0.4 is 14.8 Å². The molecule has 0 bridgehead atoms. The van der Waals surface area contributed by atoms with Crippen molar-refractivity contribution in [2.24, 2.45) is 0 Å². The molecule has 0 radical (unpaired) electrons. The third kappa shape index (κ3) is 8.61. The van der Waals surface area contributed by atoms with Crippen molar-refractivity contribution in [2.45, 2.75) is 19.5 Å². The predicted molar refractivity (Wildman–Crippen MR) is 151 cm³/mol. The fraction of sp³-hybridized carbons (Fsp3) is 0.310. The van der Waals surface area contributed by atoms with Crippen LogP contribution in [0, 0.1) is 12.7 Å². The summed E-state index contributed by atoms with van der Waals surface area (Å²) in [6, 6.07) is 10.7. The molecule has 0 unspecified atom stereocenters. The topological polar surface area (TPSA) is 67.9 Å². The smallest absolute Gasteiger partial charge is 0.416 e. The average Bonchev–Trinajstić information content (AvgIpc) is 3.44. The van der Waals surface area contributed by atoms with Crippen molar-refractivity contribution < 1.29 is 36.6 Å². The number of amides is 1. The number of carbonyl (C=O) groups is 2. The largest absolute Gasteiger partial charge is 0.494 e. The fourth-order valence-electron chi connectivity index (χ4n) is 4.15. The van der Waals surface area contributed by atoms with Crippen LogP contribution in [0.2, 0.25) is 5.02 Å². The van der Waals surface area contributed by atoms with Crippen molar-refractivity contribution in [3.05, 3.63) is 87.7 Å². The second-order valence-electron chi connectivity index (χ2n) is 9.37. The highest BCUT2D eigenvalue weighted by Crippen LogP contribution is 2.32. The molecule has 41 heavy (non-hydrogen) atoms. The van der Waals surface area contributed by atoms with E-state index in [9.17, 15) is 27.2 Å². The Kier molecular flexibility index (Phi) is 10.2. The van der Waals surface area contributed by atoms with Gasteiger partial charge in [-0.1, -0.05) is 11.6 Å². The first-order chi connectivity index (χ1) is 19.5. The van der Waals surface area contributed by atoms with Crippen molar-refractivity contribution in [1.82, 2.24) is 4.90 Å². The summed E-state index contributed by atoms with van der Waals surface area (Å²) < 4.78 is 64.7. The third-order valence-electron chi connectivity index (χ3n) is 6.22. The van der Waals surface area contributed by atoms with E-state index in [4.69, 9.17) is 21.1 Å². The van der Waals surface area contributed by atoms with Crippen LogP contribution in [0.15, 0.2) is 54.6 Å². The number of ketones is 1. The summed E-state index contributed by atoms with van der Waals surface area (Å²) in [6.07, 6.45) is -3.94. The Morgan fingerprint density at radius 2 is 1.88 bits per heavy atom. The quantitative estimate of drug-likeness (QED) is 0.146. The molecule has 0 atom stereocenters. The normalized spacial score (nSPS) is 13.7. The number of halogens is 5. The zero-order valence-corrected chi connectivity index (χ0v) is 23.6. The van der Waals surface area contributed by atoms with Gasteiger partial charge in [0.25, 0.3) is 5.91 Å². The zero-order valence-electron chi connectivity index (χ0n) is 22.0. The first kappa shape index (κ1) is 30.7. The third-order valence-corrected chi connectivity index (χ3v) is 7.47. The van der Waals surface area contributed by atoms with Gasteiger partial charge in [-0.15, -0.1) is 11.8 Å². The molecule has 4 rings (SSSR count). The maximum atomic E-state index is 13.9. The van der Waals surface area contributed by atoms with Crippen LogP contribution in [0.4, 0.5) is 23.2 Å². The Morgan fingerprint density at radius 3 is 2.59 bits per heavy atom. The van der Waals surface area contributed by atoms with E-state index >= 15 is 0 Å². The molecule has 1 fully saturated rings. The predicted octanol–water partition coefficient (Wildman–Crippen LogP) is 6.83. The molecule has 0 spiro atoms. The number of hydrogen-bond donors (Lipinski definition) is 1. The van der Waals surface area contributed by atoms with Gasteiger partial charge in [-0.2, -0.15) is 13.2 Å². The van der Waals surface area contributed by atoms with Crippen LogP contribution in [0.3, 0.4) is 0 Å². The molecule has 12 heteroatoms. The molecular weight excluding hydrogens is 584 g/mol. The van der Waals surface area contributed by atoms with Crippen molar-refractivity contribution >= 4 is 40.7 Å². The van der Waals surface area contributed by atoms with E-state index in [0.29, 0.717) is 36.2 Å². The summed E-state index contributed by atoms with van der Waals surface area (Å²) in [6.45, 7) is 3.97. The summed E-state index contributed by atoms with van der Waals surface area (Å²) in [7, 11) is 0. The Bertz CT molecular complexity index is 1410. The first-order valence-corrected chi connectivity index (χ1v) is 14.2. The molecule has 1 aliphatic heterocycles. The van der Waals surface area contributed by atoms with Crippen LogP contribution in [0.25, 0.3) is 0 Å². The Labute approximate surface area is 244 Å². The van der Waals surface area contributed by atoms with Gasteiger partial charge in [0.15, 0.2) is 12.4 Å². The lowest BCUT2D eigenvalue weighted by Crippen LogP contribution is -2.22. The molecular formula is C29H27ClF4N2O4S. The number of nitrogens with zero attached hydrogens (tertiary/aromatic N) is 1. The Morgan fingerprint density at radius 1 is 1.07 bits per heavy atom. The van der Waals surface area contributed by atoms with Crippen molar-refractivity contribution in [1.29, 1.82) is 0 Å². The molecule has 6 nitrogen and oxygen atoms in total. The standard InChI is InChI=1S/C29H27ClF4N2O4S/c1-18-11-23(39-9-2-7-36-8-10-41-17-36)4-5-25(18)35-27(37)16-40-26-6-3-21(30)15-24(26)28(38)19-12-20(29(32,33)34)14-22(31)13-19/h3-6,11-15H,2,7-10,16-17H2,1H3,(H,35,37). The molecule has 0 aliphatic carbocycles. The molecule has 0 aromatic heterocycles. The summed E-state index contributed by atoms with van der Waals surface area (Å²) in [4.78, 5) is 28.0. The number of alkyl halides is 3. The van der Waals surface area contributed by atoms with Gasteiger partial charge < -0.3 is 14.8 Å². The lowest BCUT2D eigenvalue weighted by atomic mass is 10.00. The van der Waals surface area contributed by atoms with Gasteiger partial charge in [-0.25, -0.2) is 4.39 Å². The number of hydrogen-bond acceptors (Lipinski definition) is 6. The summed E-state index contributed by atoms with van der Waals surface area (Å²) in [5.74, 6) is 0.103. The van der Waals surface area contributed by atoms with Gasteiger partial charge >= 0.3 is 6.18 Å². The Balaban J connectivity index is 1.36. The number of anilines is 1. The number of thioether (sulfide) groups is 1. The van der Waals surface area contributed by atoms with E-state index in [1.165, 1.54) is 18.2 Å². The number of benzene rings is 3. The maximum Gasteiger partial charge on any atom is 0.416 e. The minimum Gasteiger partial charge on any atom is -0.494 e. The fourth-order valence-corrected chi connectivity index (χ4v) is 5.35. The minimum atomic E-state index is -4.85. The van der Waals surface area contributed by atoms with Gasteiger partial charge in [-0.05, 0) is 73.5 Å². The first-order valence-electron chi connectivity index (χ1n) is 12.7. The SMILES string of the molecule is Cc1cc(OCCCN2CCSC2)ccc1NC(=O)COc1ccc(Cl)cc1C(=O)c1cc(F)cc(C(F)(F)F)c1. The highest BCUT2D eigenvalue weighted by molar-refractivity contribution is 7.99. The molecule has 1 N–H and O–H groups in total. The highest BCUT2D eigenvalue weighted by Gasteiger charge is 2.32. The van der Waals surface area contributed by atoms with Crippen LogP contribution >= 0.6 is 23.4 Å². The summed E-state index contributed by atoms with van der Waals surface area (Å²) >= 11 is 7.92. The highest BCUT2D eigenvalue weighted by atomic mass is 35.5. The molecule has 1 aliphatic rings. The average molecular weight is 611 g/mol. The number of ether oxygens (including phenoxy) is 2. The van der Waals surface area contributed by atoms with E-state index in [1.54, 1.807) is 12.1 Å². The van der Waals surface area contributed by atoms with Gasteiger partial charge in [0, 0.05) is 41.0 Å². The van der Waals surface area contributed by atoms with E-state index in [1.807, 2.05) is 24.8 Å². The molecule has 3 aromatic carbocycles. The minimum absolute atomic E-state index is 0.0969. The Hall–Kier alpha value is -3.28. The van der Waals surface area contributed by atoms with Crippen LogP contribution in [-0.4, -0.2) is 54.5 Å². The van der Waals surface area contributed by atoms with Gasteiger partial charge in [-0.3, -0.25) is 14.5 Å². The zero-order chi connectivity index (χ0) is 29.6. The van der Waals surface area contributed by atoms with Gasteiger partial charge in [0.05, 0.1) is 17.7 Å². The molecule has 1 heterocycles. The summed E-state index contributed by atoms with van der Waals surface area (Å²) in [5, 5.41) is 2.82. The van der Waals surface area contributed by atoms with Crippen molar-refractivity contribution in [3.63, 3.8) is 0 Å². The van der Waals surface area contributed by atoms with Crippen molar-refractivity contribution in [3.8, 4) is 11.5 Å². The van der Waals surface area contributed by atoms with Crippen LogP contribution in [0.1, 0.15) is 33.5 Å². The molecule has 1 saturated heterocycles. The number of rotatable bonds is 11. The lowest BCUT2D eigenvalue weighted by molar-refractivity contribution is -0.137. The van der Waals surface area contributed by atoms with E-state index in [0.717, 1.165) is 36.7 Å². The number of aryl methyl sites for hydroxylation is 1. The molecule has 1 amide bonds. The molecule has 3 aromatic rings. The van der Waals surface area contributed by atoms with Crippen LogP contribution in [0.5, 0.6) is 11.5 Å². The maximum absolute atomic E-state index is 13.9. The lowest BCUT2D eigenvalue weighted by Gasteiger charge is -2.15. The second kappa shape index (κ2) is 13.6. The second-order valence-corrected chi connectivity index (χ2v) is 10.9. The van der Waals surface area contributed by atoms with E-state index in [-0.39, 0.29) is 16.3 Å². The van der Waals surface area contributed by atoms with E-state index in [2.05, 4.69) is 10.2 Å². The molecule has 218 valence electrons.